The summed E-state index contributed by atoms with van der Waals surface area (Å²) in [6.45, 7) is 3.83. The number of hydrogen-bond acceptors (Lipinski definition) is 6. The topological polar surface area (TPSA) is 56.1 Å². The molecule has 1 N–H and O–H groups in total. The van der Waals surface area contributed by atoms with Crippen molar-refractivity contribution in [1.29, 1.82) is 5.26 Å². The third-order valence-electron chi connectivity index (χ3n) is 4.01. The zero-order chi connectivity index (χ0) is 17.1. The fraction of sp³-hybridized carbons (Fsp3) is 0.412. The number of fused-ring (bicyclic) bond motifs is 1. The van der Waals surface area contributed by atoms with Gasteiger partial charge in [-0.1, -0.05) is 13.0 Å². The summed E-state index contributed by atoms with van der Waals surface area (Å²) in [6.07, 6.45) is 1.63. The number of amides is 1. The smallest absolute Gasteiger partial charge is 0.238 e. The van der Waals surface area contributed by atoms with Gasteiger partial charge in [-0.15, -0.1) is 34.4 Å². The molecule has 4 nitrogen and oxygen atoms in total. The van der Waals surface area contributed by atoms with E-state index < -0.39 is 0 Å². The van der Waals surface area contributed by atoms with Crippen LogP contribution in [0, 0.1) is 11.3 Å². The molecule has 1 aliphatic rings. The van der Waals surface area contributed by atoms with Gasteiger partial charge in [0.2, 0.25) is 5.91 Å². The molecule has 0 bridgehead atoms. The van der Waals surface area contributed by atoms with E-state index >= 15 is 0 Å². The number of thiophene rings is 2. The highest BCUT2D eigenvalue weighted by atomic mass is 32.2. The second-order valence-electron chi connectivity index (χ2n) is 5.74. The molecule has 0 saturated carbocycles. The minimum Gasteiger partial charge on any atom is -0.316 e. The fourth-order valence-electron chi connectivity index (χ4n) is 2.72. The normalized spacial score (nSPS) is 15.5. The van der Waals surface area contributed by atoms with Crippen LogP contribution in [-0.4, -0.2) is 29.6 Å². The fourth-order valence-corrected chi connectivity index (χ4v) is 5.96. The maximum atomic E-state index is 12.7. The lowest BCUT2D eigenvalue weighted by atomic mass is 10.0. The van der Waals surface area contributed by atoms with Gasteiger partial charge >= 0.3 is 0 Å². The second-order valence-corrected chi connectivity index (χ2v) is 9.30. The molecule has 7 heteroatoms. The number of nitriles is 1. The number of thioether (sulfide) groups is 1. The van der Waals surface area contributed by atoms with Crippen molar-refractivity contribution >= 4 is 45.3 Å². The summed E-state index contributed by atoms with van der Waals surface area (Å²) in [5.74, 6) is -0.0145. The van der Waals surface area contributed by atoms with Gasteiger partial charge in [-0.05, 0) is 36.9 Å². The first kappa shape index (κ1) is 17.5. The highest BCUT2D eigenvalue weighted by Gasteiger charge is 2.26. The molecule has 2 aromatic rings. The van der Waals surface area contributed by atoms with E-state index in [1.165, 1.54) is 4.88 Å². The van der Waals surface area contributed by atoms with Crippen molar-refractivity contribution in [2.24, 2.45) is 0 Å². The summed E-state index contributed by atoms with van der Waals surface area (Å²) >= 11 is 4.79. The van der Waals surface area contributed by atoms with Crippen molar-refractivity contribution in [3.05, 3.63) is 33.5 Å². The van der Waals surface area contributed by atoms with Crippen molar-refractivity contribution in [3.8, 4) is 6.07 Å². The van der Waals surface area contributed by atoms with Gasteiger partial charge in [0.1, 0.15) is 11.1 Å². The third kappa shape index (κ3) is 3.67. The molecule has 24 heavy (non-hydrogen) atoms. The Bertz CT molecular complexity index is 761. The molecule has 3 heterocycles. The van der Waals surface area contributed by atoms with Gasteiger partial charge in [0.05, 0.1) is 15.0 Å². The van der Waals surface area contributed by atoms with Crippen LogP contribution in [0.4, 0.5) is 5.00 Å². The zero-order valence-corrected chi connectivity index (χ0v) is 16.1. The summed E-state index contributed by atoms with van der Waals surface area (Å²) in [5.41, 5.74) is 1.78. The predicted molar refractivity (Wildman–Crippen MR) is 102 cm³/mol. The van der Waals surface area contributed by atoms with Gasteiger partial charge in [-0.3, -0.25) is 4.79 Å². The van der Waals surface area contributed by atoms with Crippen molar-refractivity contribution < 1.29 is 4.79 Å². The van der Waals surface area contributed by atoms with Crippen molar-refractivity contribution in [2.45, 2.75) is 35.8 Å². The number of rotatable bonds is 5. The van der Waals surface area contributed by atoms with E-state index in [1.54, 1.807) is 34.4 Å². The van der Waals surface area contributed by atoms with E-state index in [9.17, 15) is 10.1 Å². The van der Waals surface area contributed by atoms with Crippen LogP contribution in [0.25, 0.3) is 0 Å². The summed E-state index contributed by atoms with van der Waals surface area (Å²) in [7, 11) is 2.08. The van der Waals surface area contributed by atoms with Crippen LogP contribution in [0.3, 0.4) is 0 Å². The number of nitrogens with zero attached hydrogens (tertiary/aromatic N) is 2. The third-order valence-corrected chi connectivity index (χ3v) is 7.58. The number of carbonyl (C=O) groups is 1. The largest absolute Gasteiger partial charge is 0.316 e. The predicted octanol–water partition coefficient (Wildman–Crippen LogP) is 4.18. The van der Waals surface area contributed by atoms with Gasteiger partial charge in [-0.2, -0.15) is 5.26 Å². The monoisotopic (exact) mass is 377 g/mol. The van der Waals surface area contributed by atoms with E-state index in [4.69, 9.17) is 0 Å². The first-order valence-electron chi connectivity index (χ1n) is 7.86. The second kappa shape index (κ2) is 7.70. The Morgan fingerprint density at radius 2 is 2.42 bits per heavy atom. The van der Waals surface area contributed by atoms with Gasteiger partial charge in [0.15, 0.2) is 0 Å². The van der Waals surface area contributed by atoms with Crippen molar-refractivity contribution in [2.75, 3.05) is 18.9 Å². The van der Waals surface area contributed by atoms with Crippen molar-refractivity contribution in [3.63, 3.8) is 0 Å². The molecule has 0 radical (unpaired) electrons. The van der Waals surface area contributed by atoms with E-state index in [2.05, 4.69) is 23.3 Å². The van der Waals surface area contributed by atoms with Crippen molar-refractivity contribution in [1.82, 2.24) is 4.90 Å². The molecule has 1 unspecified atom stereocenters. The molecule has 126 valence electrons. The maximum absolute atomic E-state index is 12.7. The molecule has 1 amide bonds. The molecular formula is C17H19N3OS3. The molecular weight excluding hydrogens is 358 g/mol. The highest BCUT2D eigenvalue weighted by molar-refractivity contribution is 8.02. The van der Waals surface area contributed by atoms with Crippen LogP contribution in [0.2, 0.25) is 0 Å². The van der Waals surface area contributed by atoms with Crippen LogP contribution in [0.15, 0.2) is 21.7 Å². The van der Waals surface area contributed by atoms with E-state index in [1.807, 2.05) is 24.4 Å². The summed E-state index contributed by atoms with van der Waals surface area (Å²) in [4.78, 5) is 16.1. The minimum atomic E-state index is -0.142. The van der Waals surface area contributed by atoms with Crippen LogP contribution < -0.4 is 5.32 Å². The number of likely N-dealkylation sites (N-methyl/N-ethyl adjacent to an activating group) is 1. The molecule has 0 fully saturated rings. The Balaban J connectivity index is 1.77. The lowest BCUT2D eigenvalue weighted by molar-refractivity contribution is -0.115. The van der Waals surface area contributed by atoms with E-state index in [0.717, 1.165) is 35.7 Å². The van der Waals surface area contributed by atoms with Gasteiger partial charge in [-0.25, -0.2) is 0 Å². The molecule has 2 aromatic heterocycles. The summed E-state index contributed by atoms with van der Waals surface area (Å²) < 4.78 is 1.14. The van der Waals surface area contributed by atoms with Crippen LogP contribution >= 0.6 is 34.4 Å². The number of nitrogens with one attached hydrogen (secondary N) is 1. The zero-order valence-electron chi connectivity index (χ0n) is 13.7. The standard InChI is InChI=1S/C17H19N3OS3/c1-3-13(23-15-5-4-8-22-15)16(21)19-17-12(9-18)11-6-7-20(2)10-14(11)24-17/h4-5,8,13H,3,6-7,10H2,1-2H3,(H,19,21). The first-order chi connectivity index (χ1) is 11.6. The quantitative estimate of drug-likeness (QED) is 0.794. The average molecular weight is 378 g/mol. The molecule has 0 saturated heterocycles. The van der Waals surface area contributed by atoms with Crippen LogP contribution in [0.1, 0.15) is 29.3 Å². The highest BCUT2D eigenvalue weighted by Crippen LogP contribution is 2.37. The summed E-state index contributed by atoms with van der Waals surface area (Å²) in [5, 5.41) is 15.1. The number of hydrogen-bond donors (Lipinski definition) is 1. The Hall–Kier alpha value is -1.33. The Morgan fingerprint density at radius 1 is 1.58 bits per heavy atom. The molecule has 1 aliphatic heterocycles. The SMILES string of the molecule is CCC(Sc1cccs1)C(=O)Nc1sc2c(c1C#N)CCN(C)C2. The molecule has 0 aromatic carbocycles. The Labute approximate surface area is 154 Å². The van der Waals surface area contributed by atoms with Gasteiger partial charge in [0.25, 0.3) is 0 Å². The van der Waals surface area contributed by atoms with E-state index in [-0.39, 0.29) is 11.2 Å². The van der Waals surface area contributed by atoms with Gasteiger partial charge < -0.3 is 10.2 Å². The maximum Gasteiger partial charge on any atom is 0.238 e. The summed E-state index contributed by atoms with van der Waals surface area (Å²) in [6, 6.07) is 6.33. The van der Waals surface area contributed by atoms with Crippen LogP contribution in [0.5, 0.6) is 0 Å². The molecule has 1 atom stereocenters. The minimum absolute atomic E-state index is 0.0145. The van der Waals surface area contributed by atoms with Crippen LogP contribution in [-0.2, 0) is 17.8 Å². The Morgan fingerprint density at radius 3 is 3.08 bits per heavy atom. The Kier molecular flexibility index (Phi) is 5.61. The molecule has 0 aliphatic carbocycles. The molecule has 0 spiro atoms. The number of carbonyl (C=O) groups excluding carboxylic acids is 1. The average Bonchev–Trinajstić information content (AvgIpc) is 3.18. The number of anilines is 1. The van der Waals surface area contributed by atoms with Gasteiger partial charge in [0, 0.05) is 18.0 Å². The lowest BCUT2D eigenvalue weighted by Gasteiger charge is -2.21. The van der Waals surface area contributed by atoms with E-state index in [0.29, 0.717) is 10.6 Å². The lowest BCUT2D eigenvalue weighted by Crippen LogP contribution is -2.25. The molecule has 3 rings (SSSR count). The first-order valence-corrected chi connectivity index (χ1v) is 10.4.